The lowest BCUT2D eigenvalue weighted by Gasteiger charge is -2.10. The summed E-state index contributed by atoms with van der Waals surface area (Å²) in [6, 6.07) is 11.4. The molecule has 0 spiro atoms. The van der Waals surface area contributed by atoms with Crippen molar-refractivity contribution in [3.63, 3.8) is 0 Å². The van der Waals surface area contributed by atoms with Crippen molar-refractivity contribution >= 4 is 60.7 Å². The van der Waals surface area contributed by atoms with Crippen LogP contribution in [0, 0.1) is 0 Å². The molecule has 2 aromatic carbocycles. The Morgan fingerprint density at radius 2 is 1.78 bits per heavy atom. The van der Waals surface area contributed by atoms with E-state index in [1.165, 1.54) is 0 Å². The smallest absolute Gasteiger partial charge is 0.0648 e. The fourth-order valence-electron chi connectivity index (χ4n) is 1.50. The van der Waals surface area contributed by atoms with Gasteiger partial charge in [0.2, 0.25) is 0 Å². The standard InChI is InChI=1S/C13H9Br2Cl2N/c14-9-1-4-13(12(17)6-9)18-7-8-5-10(16)2-3-11(8)15/h1-6,18H,7H2. The number of halogens is 4. The molecule has 0 radical (unpaired) electrons. The fourth-order valence-corrected chi connectivity index (χ4v) is 2.82. The summed E-state index contributed by atoms with van der Waals surface area (Å²) in [5.74, 6) is 0. The summed E-state index contributed by atoms with van der Waals surface area (Å²) in [5, 5.41) is 4.69. The van der Waals surface area contributed by atoms with Crippen molar-refractivity contribution in [3.05, 3.63) is 61.0 Å². The molecule has 0 aliphatic heterocycles. The molecule has 0 aromatic heterocycles. The lowest BCUT2D eigenvalue weighted by atomic mass is 10.2. The Morgan fingerprint density at radius 3 is 2.50 bits per heavy atom. The zero-order chi connectivity index (χ0) is 13.1. The van der Waals surface area contributed by atoms with E-state index < -0.39 is 0 Å². The number of anilines is 1. The van der Waals surface area contributed by atoms with E-state index in [0.29, 0.717) is 11.6 Å². The van der Waals surface area contributed by atoms with Gasteiger partial charge in [0.1, 0.15) is 0 Å². The van der Waals surface area contributed by atoms with Gasteiger partial charge in [-0.15, -0.1) is 0 Å². The first kappa shape index (κ1) is 14.2. The molecule has 0 amide bonds. The van der Waals surface area contributed by atoms with Crippen LogP contribution in [0.25, 0.3) is 0 Å². The molecule has 0 unspecified atom stereocenters. The zero-order valence-corrected chi connectivity index (χ0v) is 13.9. The van der Waals surface area contributed by atoms with Gasteiger partial charge in [-0.1, -0.05) is 55.1 Å². The number of rotatable bonds is 3. The van der Waals surface area contributed by atoms with E-state index >= 15 is 0 Å². The lowest BCUT2D eigenvalue weighted by Crippen LogP contribution is -2.00. The van der Waals surface area contributed by atoms with Gasteiger partial charge in [-0.3, -0.25) is 0 Å². The van der Waals surface area contributed by atoms with Crippen molar-refractivity contribution in [2.45, 2.75) is 6.54 Å². The Morgan fingerprint density at radius 1 is 1.00 bits per heavy atom. The first-order valence-electron chi connectivity index (χ1n) is 5.19. The summed E-state index contributed by atoms with van der Waals surface area (Å²) in [4.78, 5) is 0. The maximum atomic E-state index is 6.14. The van der Waals surface area contributed by atoms with Crippen LogP contribution in [-0.2, 0) is 6.54 Å². The number of benzene rings is 2. The molecular formula is C13H9Br2Cl2N. The van der Waals surface area contributed by atoms with Crippen molar-refractivity contribution in [1.82, 2.24) is 0 Å². The van der Waals surface area contributed by atoms with Gasteiger partial charge in [0.05, 0.1) is 10.7 Å². The molecule has 18 heavy (non-hydrogen) atoms. The highest BCUT2D eigenvalue weighted by Crippen LogP contribution is 2.27. The van der Waals surface area contributed by atoms with Crippen molar-refractivity contribution in [2.24, 2.45) is 0 Å². The lowest BCUT2D eigenvalue weighted by molar-refractivity contribution is 1.14. The van der Waals surface area contributed by atoms with E-state index in [4.69, 9.17) is 23.2 Å². The topological polar surface area (TPSA) is 12.0 Å². The van der Waals surface area contributed by atoms with Crippen molar-refractivity contribution in [2.75, 3.05) is 5.32 Å². The molecular weight excluding hydrogens is 401 g/mol. The van der Waals surface area contributed by atoms with Gasteiger partial charge in [0, 0.05) is 20.5 Å². The average molecular weight is 410 g/mol. The van der Waals surface area contributed by atoms with E-state index in [-0.39, 0.29) is 0 Å². The van der Waals surface area contributed by atoms with Crippen LogP contribution >= 0.6 is 55.1 Å². The van der Waals surface area contributed by atoms with E-state index in [1.54, 1.807) is 0 Å². The Labute approximate surface area is 133 Å². The van der Waals surface area contributed by atoms with Gasteiger partial charge in [-0.05, 0) is 42.0 Å². The predicted octanol–water partition coefficient (Wildman–Crippen LogP) is 6.13. The maximum Gasteiger partial charge on any atom is 0.0648 e. The van der Waals surface area contributed by atoms with Crippen LogP contribution in [0.2, 0.25) is 10.0 Å². The summed E-state index contributed by atoms with van der Waals surface area (Å²) in [6.45, 7) is 0.655. The molecule has 0 saturated carbocycles. The minimum Gasteiger partial charge on any atom is -0.380 e. The van der Waals surface area contributed by atoms with Crippen LogP contribution in [0.4, 0.5) is 5.69 Å². The van der Waals surface area contributed by atoms with Crippen LogP contribution in [0.1, 0.15) is 5.56 Å². The largest absolute Gasteiger partial charge is 0.380 e. The Hall–Kier alpha value is -0.220. The first-order valence-corrected chi connectivity index (χ1v) is 7.53. The zero-order valence-electron chi connectivity index (χ0n) is 9.18. The van der Waals surface area contributed by atoms with Crippen LogP contribution in [0.5, 0.6) is 0 Å². The third-order valence-electron chi connectivity index (χ3n) is 2.41. The van der Waals surface area contributed by atoms with Gasteiger partial charge in [-0.2, -0.15) is 0 Å². The first-order chi connectivity index (χ1) is 8.56. The maximum absolute atomic E-state index is 6.14. The molecule has 94 valence electrons. The molecule has 0 bridgehead atoms. The minimum absolute atomic E-state index is 0.655. The quantitative estimate of drug-likeness (QED) is 0.642. The number of hydrogen-bond donors (Lipinski definition) is 1. The molecule has 0 aliphatic carbocycles. The third kappa shape index (κ3) is 3.64. The molecule has 0 aliphatic rings. The summed E-state index contributed by atoms with van der Waals surface area (Å²) in [6.07, 6.45) is 0. The van der Waals surface area contributed by atoms with Crippen molar-refractivity contribution in [3.8, 4) is 0 Å². The van der Waals surface area contributed by atoms with Crippen LogP contribution < -0.4 is 5.32 Å². The second-order valence-corrected chi connectivity index (χ2v) is 6.33. The molecule has 0 heterocycles. The van der Waals surface area contributed by atoms with Gasteiger partial charge in [-0.25, -0.2) is 0 Å². The van der Waals surface area contributed by atoms with E-state index in [0.717, 1.165) is 25.2 Å². The molecule has 0 atom stereocenters. The molecule has 1 N–H and O–H groups in total. The van der Waals surface area contributed by atoms with Crippen molar-refractivity contribution in [1.29, 1.82) is 0 Å². The van der Waals surface area contributed by atoms with Crippen LogP contribution in [0.15, 0.2) is 45.3 Å². The predicted molar refractivity (Wildman–Crippen MR) is 85.6 cm³/mol. The summed E-state index contributed by atoms with van der Waals surface area (Å²) in [5.41, 5.74) is 1.98. The molecule has 1 nitrogen and oxygen atoms in total. The highest BCUT2D eigenvalue weighted by Gasteiger charge is 2.04. The minimum atomic E-state index is 0.655. The SMILES string of the molecule is Clc1ccc(Br)c(CNc2ccc(Br)cc2Cl)c1. The van der Waals surface area contributed by atoms with Gasteiger partial charge in [0.15, 0.2) is 0 Å². The second-order valence-electron chi connectivity index (χ2n) is 3.71. The van der Waals surface area contributed by atoms with Gasteiger partial charge >= 0.3 is 0 Å². The molecule has 2 rings (SSSR count). The summed E-state index contributed by atoms with van der Waals surface area (Å²) in [7, 11) is 0. The average Bonchev–Trinajstić information content (AvgIpc) is 2.32. The Balaban J connectivity index is 2.13. The molecule has 0 saturated heterocycles. The number of hydrogen-bond acceptors (Lipinski definition) is 1. The molecule has 0 fully saturated rings. The third-order valence-corrected chi connectivity index (χ3v) is 4.22. The summed E-state index contributed by atoms with van der Waals surface area (Å²) < 4.78 is 1.98. The van der Waals surface area contributed by atoms with E-state index in [2.05, 4.69) is 37.2 Å². The Bertz CT molecular complexity index is 573. The summed E-state index contributed by atoms with van der Waals surface area (Å²) >= 11 is 19.0. The Kier molecular flexibility index (Phi) is 4.96. The fraction of sp³-hybridized carbons (Fsp3) is 0.0769. The number of nitrogens with one attached hydrogen (secondary N) is 1. The van der Waals surface area contributed by atoms with Gasteiger partial charge < -0.3 is 5.32 Å². The molecule has 2 aromatic rings. The monoisotopic (exact) mass is 407 g/mol. The highest BCUT2D eigenvalue weighted by molar-refractivity contribution is 9.10. The highest BCUT2D eigenvalue weighted by atomic mass is 79.9. The van der Waals surface area contributed by atoms with Crippen LogP contribution in [-0.4, -0.2) is 0 Å². The van der Waals surface area contributed by atoms with E-state index in [1.807, 2.05) is 36.4 Å². The van der Waals surface area contributed by atoms with Crippen molar-refractivity contribution < 1.29 is 0 Å². The normalized spacial score (nSPS) is 10.4. The van der Waals surface area contributed by atoms with Crippen LogP contribution in [0.3, 0.4) is 0 Å². The van der Waals surface area contributed by atoms with Gasteiger partial charge in [0.25, 0.3) is 0 Å². The second kappa shape index (κ2) is 6.29. The molecule has 5 heteroatoms. The van der Waals surface area contributed by atoms with E-state index in [9.17, 15) is 0 Å².